The maximum Gasteiger partial charge on any atom is 0.211 e. The van der Waals surface area contributed by atoms with Gasteiger partial charge in [-0.05, 0) is 26.8 Å². The standard InChI is InChI=1S/C14H17FN2O/c1-9-4-5-13(15)12(6-9)8-16-11(3)14-17-7-10(2)18-14/h4-7,11,16H,8H2,1-3H3. The fourth-order valence-corrected chi connectivity index (χ4v) is 1.76. The molecule has 2 rings (SSSR count). The number of hydrogen-bond donors (Lipinski definition) is 1. The van der Waals surface area contributed by atoms with Crippen molar-refractivity contribution in [3.05, 3.63) is 53.0 Å². The van der Waals surface area contributed by atoms with E-state index < -0.39 is 0 Å². The van der Waals surface area contributed by atoms with Crippen LogP contribution in [0.3, 0.4) is 0 Å². The van der Waals surface area contributed by atoms with Crippen molar-refractivity contribution in [2.45, 2.75) is 33.4 Å². The average molecular weight is 248 g/mol. The third-order valence-corrected chi connectivity index (χ3v) is 2.81. The van der Waals surface area contributed by atoms with Gasteiger partial charge in [0.1, 0.15) is 11.6 Å². The molecule has 3 nitrogen and oxygen atoms in total. The maximum atomic E-state index is 13.5. The highest BCUT2D eigenvalue weighted by Gasteiger charge is 2.11. The van der Waals surface area contributed by atoms with Gasteiger partial charge in [-0.2, -0.15) is 0 Å². The summed E-state index contributed by atoms with van der Waals surface area (Å²) in [6.07, 6.45) is 1.68. The van der Waals surface area contributed by atoms with Crippen LogP contribution in [0.25, 0.3) is 0 Å². The lowest BCUT2D eigenvalue weighted by Gasteiger charge is -2.11. The second-order valence-corrected chi connectivity index (χ2v) is 4.51. The van der Waals surface area contributed by atoms with Crippen LogP contribution in [0.4, 0.5) is 4.39 Å². The van der Waals surface area contributed by atoms with Crippen LogP contribution in [0.1, 0.15) is 35.7 Å². The molecule has 0 aliphatic rings. The molecule has 0 radical (unpaired) electrons. The van der Waals surface area contributed by atoms with Gasteiger partial charge in [-0.15, -0.1) is 0 Å². The number of benzene rings is 1. The van der Waals surface area contributed by atoms with Crippen molar-refractivity contribution in [2.24, 2.45) is 0 Å². The van der Waals surface area contributed by atoms with Crippen LogP contribution in [-0.4, -0.2) is 4.98 Å². The Hall–Kier alpha value is -1.68. The number of aryl methyl sites for hydroxylation is 2. The van der Waals surface area contributed by atoms with E-state index >= 15 is 0 Å². The molecule has 0 bridgehead atoms. The Labute approximate surface area is 106 Å². The zero-order valence-corrected chi connectivity index (χ0v) is 10.8. The van der Waals surface area contributed by atoms with Crippen molar-refractivity contribution in [1.29, 1.82) is 0 Å². The van der Waals surface area contributed by atoms with Gasteiger partial charge in [0.15, 0.2) is 0 Å². The van der Waals surface area contributed by atoms with E-state index in [2.05, 4.69) is 10.3 Å². The number of hydrogen-bond acceptors (Lipinski definition) is 3. The summed E-state index contributed by atoms with van der Waals surface area (Å²) in [5.74, 6) is 1.21. The van der Waals surface area contributed by atoms with Gasteiger partial charge in [0.2, 0.25) is 5.89 Å². The molecule has 1 atom stereocenters. The van der Waals surface area contributed by atoms with Crippen molar-refractivity contribution in [1.82, 2.24) is 10.3 Å². The second-order valence-electron chi connectivity index (χ2n) is 4.51. The fraction of sp³-hybridized carbons (Fsp3) is 0.357. The lowest BCUT2D eigenvalue weighted by atomic mass is 10.1. The Morgan fingerprint density at radius 1 is 1.39 bits per heavy atom. The molecule has 0 spiro atoms. The predicted molar refractivity (Wildman–Crippen MR) is 67.6 cm³/mol. The number of nitrogens with zero attached hydrogens (tertiary/aromatic N) is 1. The molecule has 1 N–H and O–H groups in total. The molecule has 18 heavy (non-hydrogen) atoms. The third kappa shape index (κ3) is 2.96. The summed E-state index contributed by atoms with van der Waals surface area (Å²) in [5.41, 5.74) is 1.71. The first-order valence-electron chi connectivity index (χ1n) is 5.97. The highest BCUT2D eigenvalue weighted by Crippen LogP contribution is 2.15. The Morgan fingerprint density at radius 3 is 2.83 bits per heavy atom. The van der Waals surface area contributed by atoms with Gasteiger partial charge < -0.3 is 9.73 Å². The summed E-state index contributed by atoms with van der Waals surface area (Å²) in [6.45, 7) is 6.20. The number of nitrogens with one attached hydrogen (secondary N) is 1. The largest absolute Gasteiger partial charge is 0.444 e. The van der Waals surface area contributed by atoms with Gasteiger partial charge in [-0.25, -0.2) is 9.37 Å². The highest BCUT2D eigenvalue weighted by atomic mass is 19.1. The maximum absolute atomic E-state index is 13.5. The summed E-state index contributed by atoms with van der Waals surface area (Å²) < 4.78 is 19.0. The fourth-order valence-electron chi connectivity index (χ4n) is 1.76. The zero-order chi connectivity index (χ0) is 13.1. The van der Waals surface area contributed by atoms with Crippen molar-refractivity contribution in [2.75, 3.05) is 0 Å². The molecule has 0 saturated heterocycles. The molecular weight excluding hydrogens is 231 g/mol. The minimum absolute atomic E-state index is 0.0430. The third-order valence-electron chi connectivity index (χ3n) is 2.81. The predicted octanol–water partition coefficient (Wildman–Crippen LogP) is 3.28. The molecule has 1 heterocycles. The van der Waals surface area contributed by atoms with Crippen molar-refractivity contribution < 1.29 is 8.81 Å². The van der Waals surface area contributed by atoms with Gasteiger partial charge in [0.25, 0.3) is 0 Å². The zero-order valence-electron chi connectivity index (χ0n) is 10.8. The number of aromatic nitrogens is 1. The number of halogens is 1. The Bertz CT molecular complexity index is 536. The molecule has 1 aromatic heterocycles. The van der Waals surface area contributed by atoms with Crippen LogP contribution >= 0.6 is 0 Å². The van der Waals surface area contributed by atoms with E-state index in [4.69, 9.17) is 4.42 Å². The lowest BCUT2D eigenvalue weighted by molar-refractivity contribution is 0.400. The molecular formula is C14H17FN2O. The van der Waals surface area contributed by atoms with E-state index in [0.29, 0.717) is 18.0 Å². The van der Waals surface area contributed by atoms with Gasteiger partial charge >= 0.3 is 0 Å². The molecule has 96 valence electrons. The van der Waals surface area contributed by atoms with Crippen LogP contribution in [0.15, 0.2) is 28.8 Å². The molecule has 0 aliphatic heterocycles. The second kappa shape index (κ2) is 5.31. The normalized spacial score (nSPS) is 12.7. The first-order chi connectivity index (χ1) is 8.56. The van der Waals surface area contributed by atoms with E-state index in [-0.39, 0.29) is 11.9 Å². The molecule has 1 unspecified atom stereocenters. The highest BCUT2D eigenvalue weighted by molar-refractivity contribution is 5.24. The van der Waals surface area contributed by atoms with Gasteiger partial charge in [0.05, 0.1) is 12.2 Å². The van der Waals surface area contributed by atoms with E-state index in [9.17, 15) is 4.39 Å². The molecule has 1 aromatic carbocycles. The summed E-state index contributed by atoms with van der Waals surface area (Å²) >= 11 is 0. The number of rotatable bonds is 4. The lowest BCUT2D eigenvalue weighted by Crippen LogP contribution is -2.19. The molecule has 4 heteroatoms. The minimum atomic E-state index is -0.191. The summed E-state index contributed by atoms with van der Waals surface area (Å²) in [7, 11) is 0. The minimum Gasteiger partial charge on any atom is -0.444 e. The molecule has 0 aliphatic carbocycles. The topological polar surface area (TPSA) is 38.1 Å². The van der Waals surface area contributed by atoms with Gasteiger partial charge in [-0.3, -0.25) is 0 Å². The van der Waals surface area contributed by atoms with Crippen LogP contribution in [0, 0.1) is 19.7 Å². The van der Waals surface area contributed by atoms with Crippen molar-refractivity contribution >= 4 is 0 Å². The monoisotopic (exact) mass is 248 g/mol. The molecule has 0 amide bonds. The Morgan fingerprint density at radius 2 is 2.17 bits per heavy atom. The van der Waals surface area contributed by atoms with Gasteiger partial charge in [-0.1, -0.05) is 17.7 Å². The summed E-state index contributed by atoms with van der Waals surface area (Å²) in [6, 6.07) is 5.06. The van der Waals surface area contributed by atoms with Crippen LogP contribution in [0.5, 0.6) is 0 Å². The van der Waals surface area contributed by atoms with E-state index in [1.54, 1.807) is 12.3 Å². The van der Waals surface area contributed by atoms with E-state index in [1.165, 1.54) is 6.07 Å². The molecule has 0 fully saturated rings. The van der Waals surface area contributed by atoms with E-state index in [0.717, 1.165) is 11.3 Å². The van der Waals surface area contributed by atoms with Crippen LogP contribution < -0.4 is 5.32 Å². The first kappa shape index (κ1) is 12.8. The first-order valence-corrected chi connectivity index (χ1v) is 5.97. The van der Waals surface area contributed by atoms with Crippen LogP contribution in [0.2, 0.25) is 0 Å². The number of oxazole rings is 1. The average Bonchev–Trinajstić information content (AvgIpc) is 2.77. The molecule has 0 saturated carbocycles. The van der Waals surface area contributed by atoms with Gasteiger partial charge in [0, 0.05) is 12.1 Å². The van der Waals surface area contributed by atoms with E-state index in [1.807, 2.05) is 26.8 Å². The van der Waals surface area contributed by atoms with Crippen LogP contribution in [-0.2, 0) is 6.54 Å². The van der Waals surface area contributed by atoms with Crippen molar-refractivity contribution in [3.63, 3.8) is 0 Å². The van der Waals surface area contributed by atoms with Crippen molar-refractivity contribution in [3.8, 4) is 0 Å². The summed E-state index contributed by atoms with van der Waals surface area (Å²) in [4.78, 5) is 4.15. The smallest absolute Gasteiger partial charge is 0.211 e. The quantitative estimate of drug-likeness (QED) is 0.902. The summed E-state index contributed by atoms with van der Waals surface area (Å²) in [5, 5.41) is 3.20. The molecule has 2 aromatic rings. The Kier molecular flexibility index (Phi) is 3.77. The Balaban J connectivity index is 2.01. The SMILES string of the molecule is Cc1ccc(F)c(CNC(C)c2ncc(C)o2)c1.